The van der Waals surface area contributed by atoms with E-state index in [0.717, 1.165) is 24.9 Å². The Morgan fingerprint density at radius 2 is 1.89 bits per heavy atom. The molecule has 1 aliphatic heterocycles. The minimum atomic E-state index is -0.438. The number of likely N-dealkylation sites (N-methyl/N-ethyl adjacent to an activating group) is 1. The predicted octanol–water partition coefficient (Wildman–Crippen LogP) is 2.55. The molecule has 5 nitrogen and oxygen atoms in total. The van der Waals surface area contributed by atoms with Gasteiger partial charge in [-0.15, -0.1) is 0 Å². The highest BCUT2D eigenvalue weighted by atomic mass is 16.3. The first kappa shape index (κ1) is 19.1. The quantitative estimate of drug-likeness (QED) is 0.887. The summed E-state index contributed by atoms with van der Waals surface area (Å²) in [7, 11) is 2.08. The molecule has 1 aliphatic carbocycles. The van der Waals surface area contributed by atoms with Crippen LogP contribution in [0.3, 0.4) is 0 Å². The fourth-order valence-corrected chi connectivity index (χ4v) is 5.02. The van der Waals surface area contributed by atoms with Crippen molar-refractivity contribution in [2.24, 2.45) is 0 Å². The van der Waals surface area contributed by atoms with E-state index in [4.69, 9.17) is 0 Å². The van der Waals surface area contributed by atoms with Crippen LogP contribution in [0.5, 0.6) is 0 Å². The van der Waals surface area contributed by atoms with Crippen molar-refractivity contribution in [1.82, 2.24) is 14.8 Å². The van der Waals surface area contributed by atoms with Crippen molar-refractivity contribution < 1.29 is 9.90 Å². The molecule has 1 aromatic carbocycles. The number of carbonyl (C=O) groups is 1. The van der Waals surface area contributed by atoms with Gasteiger partial charge in [0.2, 0.25) is 5.91 Å². The second-order valence-electron chi connectivity index (χ2n) is 8.12. The Morgan fingerprint density at radius 3 is 2.57 bits per heavy atom. The van der Waals surface area contributed by atoms with Gasteiger partial charge in [0.25, 0.3) is 0 Å². The van der Waals surface area contributed by atoms with Crippen molar-refractivity contribution in [3.05, 3.63) is 65.5 Å². The van der Waals surface area contributed by atoms with Gasteiger partial charge < -0.3 is 10.0 Å². The number of fused-ring (bicyclic) bond motifs is 2. The molecular weight excluding hydrogens is 350 g/mol. The van der Waals surface area contributed by atoms with Crippen LogP contribution in [0.1, 0.15) is 42.5 Å². The average Bonchev–Trinajstić information content (AvgIpc) is 2.97. The van der Waals surface area contributed by atoms with Crippen molar-refractivity contribution in [2.75, 3.05) is 26.7 Å². The van der Waals surface area contributed by atoms with Crippen molar-refractivity contribution in [3.63, 3.8) is 0 Å². The number of aromatic nitrogens is 1. The van der Waals surface area contributed by atoms with Gasteiger partial charge in [0.1, 0.15) is 0 Å². The van der Waals surface area contributed by atoms with Gasteiger partial charge >= 0.3 is 0 Å². The molecule has 4 rings (SSSR count). The fourth-order valence-electron chi connectivity index (χ4n) is 5.02. The molecule has 1 N–H and O–H groups in total. The van der Waals surface area contributed by atoms with E-state index in [9.17, 15) is 9.90 Å². The summed E-state index contributed by atoms with van der Waals surface area (Å²) < 4.78 is 0. The summed E-state index contributed by atoms with van der Waals surface area (Å²) in [6, 6.07) is 12.3. The number of benzene rings is 1. The van der Waals surface area contributed by atoms with Crippen molar-refractivity contribution in [3.8, 4) is 0 Å². The lowest BCUT2D eigenvalue weighted by molar-refractivity contribution is -0.133. The molecule has 0 saturated carbocycles. The lowest BCUT2D eigenvalue weighted by Gasteiger charge is -2.43. The number of piperidine rings is 1. The molecule has 0 bridgehead atoms. The number of amides is 1. The number of hydrogen-bond acceptors (Lipinski definition) is 4. The lowest BCUT2D eigenvalue weighted by Crippen LogP contribution is -2.51. The molecule has 1 amide bonds. The molecule has 148 valence electrons. The Kier molecular flexibility index (Phi) is 5.21. The molecule has 1 saturated heterocycles. The van der Waals surface area contributed by atoms with Gasteiger partial charge in [-0.25, -0.2) is 0 Å². The number of likely N-dealkylation sites (tertiary alicyclic amines) is 1. The molecule has 5 heteroatoms. The maximum absolute atomic E-state index is 12.8. The first-order chi connectivity index (χ1) is 13.6. The van der Waals surface area contributed by atoms with Gasteiger partial charge in [-0.05, 0) is 55.3 Å². The second-order valence-corrected chi connectivity index (χ2v) is 8.12. The number of carbonyl (C=O) groups excluding carboxylic acids is 1. The molecule has 28 heavy (non-hydrogen) atoms. The van der Waals surface area contributed by atoms with Crippen LogP contribution >= 0.6 is 0 Å². The summed E-state index contributed by atoms with van der Waals surface area (Å²) in [5.41, 5.74) is 3.26. The normalized spacial score (nSPS) is 23.2. The van der Waals surface area contributed by atoms with Crippen LogP contribution in [0, 0.1) is 0 Å². The fraction of sp³-hybridized carbons (Fsp3) is 0.478. The van der Waals surface area contributed by atoms with Crippen LogP contribution in [0.4, 0.5) is 0 Å². The molecule has 0 radical (unpaired) electrons. The third-order valence-electron chi connectivity index (χ3n) is 6.77. The summed E-state index contributed by atoms with van der Waals surface area (Å²) in [5.74, 6) is 0.157. The van der Waals surface area contributed by atoms with Crippen LogP contribution in [-0.2, 0) is 16.6 Å². The zero-order valence-corrected chi connectivity index (χ0v) is 16.7. The van der Waals surface area contributed by atoms with Gasteiger partial charge in [-0.3, -0.25) is 14.7 Å². The molecule has 1 aromatic heterocycles. The first-order valence-electron chi connectivity index (χ1n) is 10.2. The Hall–Kier alpha value is -2.24. The third kappa shape index (κ3) is 3.12. The zero-order chi connectivity index (χ0) is 19.7. The molecule has 2 aliphatic rings. The molecule has 2 atom stereocenters. The minimum Gasteiger partial charge on any atom is -0.390 e. The van der Waals surface area contributed by atoms with Gasteiger partial charge in [-0.2, -0.15) is 0 Å². The SMILES string of the molecule is CCN(C)[C@@H]1c2ccccc2C2(CCN(C(=O)Cc3ccncc3)CC2)[C@H]1O. The maximum Gasteiger partial charge on any atom is 0.226 e. The number of aliphatic hydroxyl groups is 1. The smallest absolute Gasteiger partial charge is 0.226 e. The number of hydrogen-bond donors (Lipinski definition) is 1. The largest absolute Gasteiger partial charge is 0.390 e. The van der Waals surface area contributed by atoms with Crippen molar-refractivity contribution in [2.45, 2.75) is 43.7 Å². The molecular formula is C23H29N3O2. The Balaban J connectivity index is 1.52. The van der Waals surface area contributed by atoms with Gasteiger partial charge in [0.15, 0.2) is 0 Å². The Labute approximate surface area is 167 Å². The van der Waals surface area contributed by atoms with Crippen LogP contribution in [0.2, 0.25) is 0 Å². The summed E-state index contributed by atoms with van der Waals surface area (Å²) >= 11 is 0. The lowest BCUT2D eigenvalue weighted by atomic mass is 9.72. The van der Waals surface area contributed by atoms with Crippen LogP contribution in [0.15, 0.2) is 48.8 Å². The Bertz CT molecular complexity index is 831. The zero-order valence-electron chi connectivity index (χ0n) is 16.7. The highest BCUT2D eigenvalue weighted by Crippen LogP contribution is 2.52. The number of aliphatic hydroxyl groups excluding tert-OH is 1. The predicted molar refractivity (Wildman–Crippen MR) is 109 cm³/mol. The van der Waals surface area contributed by atoms with E-state index in [1.54, 1.807) is 12.4 Å². The van der Waals surface area contributed by atoms with Crippen LogP contribution in [0.25, 0.3) is 0 Å². The topological polar surface area (TPSA) is 56.7 Å². The summed E-state index contributed by atoms with van der Waals surface area (Å²) in [4.78, 5) is 21.0. The number of rotatable bonds is 4. The summed E-state index contributed by atoms with van der Waals surface area (Å²) in [6.45, 7) is 4.40. The summed E-state index contributed by atoms with van der Waals surface area (Å²) in [6.07, 6.45) is 5.04. The highest BCUT2D eigenvalue weighted by Gasteiger charge is 2.53. The van der Waals surface area contributed by atoms with E-state index in [1.165, 1.54) is 11.1 Å². The average molecular weight is 380 g/mol. The molecule has 1 spiro atoms. The highest BCUT2D eigenvalue weighted by molar-refractivity contribution is 5.79. The molecule has 0 unspecified atom stereocenters. The van der Waals surface area contributed by atoms with Crippen LogP contribution < -0.4 is 0 Å². The number of pyridine rings is 1. The first-order valence-corrected chi connectivity index (χ1v) is 10.2. The van der Waals surface area contributed by atoms with Gasteiger partial charge in [0.05, 0.1) is 18.6 Å². The van der Waals surface area contributed by atoms with Crippen LogP contribution in [-0.4, -0.2) is 58.6 Å². The van der Waals surface area contributed by atoms with Gasteiger partial charge in [0, 0.05) is 30.9 Å². The van der Waals surface area contributed by atoms with E-state index >= 15 is 0 Å². The van der Waals surface area contributed by atoms with E-state index in [2.05, 4.69) is 48.1 Å². The molecule has 2 heterocycles. The van der Waals surface area contributed by atoms with Crippen molar-refractivity contribution in [1.29, 1.82) is 0 Å². The monoisotopic (exact) mass is 379 g/mol. The van der Waals surface area contributed by atoms with E-state index in [1.807, 2.05) is 17.0 Å². The standard InChI is InChI=1S/C23H29N3O2/c1-3-25(2)21-18-6-4-5-7-19(18)23(22(21)28)10-14-26(15-11-23)20(27)16-17-8-12-24-13-9-17/h4-9,12-13,21-22,28H,3,10-11,14-16H2,1-2H3/t21-,22+/m1/s1. The van der Waals surface area contributed by atoms with Gasteiger partial charge in [-0.1, -0.05) is 31.2 Å². The second kappa shape index (κ2) is 7.64. The minimum absolute atomic E-state index is 0.0280. The number of nitrogens with zero attached hydrogens (tertiary/aromatic N) is 3. The molecule has 2 aromatic rings. The van der Waals surface area contributed by atoms with E-state index in [0.29, 0.717) is 19.5 Å². The molecule has 1 fully saturated rings. The Morgan fingerprint density at radius 1 is 1.21 bits per heavy atom. The maximum atomic E-state index is 12.8. The van der Waals surface area contributed by atoms with Crippen molar-refractivity contribution >= 4 is 5.91 Å². The van der Waals surface area contributed by atoms with E-state index < -0.39 is 6.10 Å². The van der Waals surface area contributed by atoms with E-state index in [-0.39, 0.29) is 17.4 Å². The summed E-state index contributed by atoms with van der Waals surface area (Å²) in [5, 5.41) is 11.4. The third-order valence-corrected chi connectivity index (χ3v) is 6.77.